The van der Waals surface area contributed by atoms with E-state index in [9.17, 15) is 20.4 Å². The van der Waals surface area contributed by atoms with Crippen LogP contribution in [0.3, 0.4) is 0 Å². The highest BCUT2D eigenvalue weighted by molar-refractivity contribution is 6.99. The summed E-state index contributed by atoms with van der Waals surface area (Å²) in [4.78, 5) is 0. The molecule has 4 atom stereocenters. The molecule has 4 unspecified atom stereocenters. The lowest BCUT2D eigenvalue weighted by Gasteiger charge is -2.43. The molecule has 5 rings (SSSR count). The zero-order valence-corrected chi connectivity index (χ0v) is 28.8. The minimum Gasteiger partial charge on any atom is -0.405 e. The summed E-state index contributed by atoms with van der Waals surface area (Å²) >= 11 is 0. The van der Waals surface area contributed by atoms with Crippen molar-refractivity contribution in [3.63, 3.8) is 0 Å². The minimum absolute atomic E-state index is 0.249. The maximum absolute atomic E-state index is 11.3. The molecule has 0 bridgehead atoms. The summed E-state index contributed by atoms with van der Waals surface area (Å²) in [6.07, 6.45) is -6.44. The molecular formula is C41H46O6Si. The van der Waals surface area contributed by atoms with Crippen molar-refractivity contribution in [2.24, 2.45) is 0 Å². The number of ether oxygens (including phenoxy) is 1. The molecule has 0 amide bonds. The van der Waals surface area contributed by atoms with Crippen LogP contribution in [0, 0.1) is 0 Å². The van der Waals surface area contributed by atoms with Crippen molar-refractivity contribution in [2.45, 2.75) is 55.8 Å². The van der Waals surface area contributed by atoms with Crippen molar-refractivity contribution in [2.75, 3.05) is 13.2 Å². The van der Waals surface area contributed by atoms with Crippen molar-refractivity contribution >= 4 is 18.7 Å². The third-order valence-electron chi connectivity index (χ3n) is 9.04. The third-order valence-corrected chi connectivity index (χ3v) is 14.0. The summed E-state index contributed by atoms with van der Waals surface area (Å²) < 4.78 is 13.4. The lowest BCUT2D eigenvalue weighted by molar-refractivity contribution is -0.139. The maximum atomic E-state index is 11.3. The topological polar surface area (TPSA) is 99.4 Å². The van der Waals surface area contributed by atoms with Gasteiger partial charge in [-0.25, -0.2) is 0 Å². The fraction of sp³-hybridized carbons (Fsp3) is 0.268. The van der Waals surface area contributed by atoms with E-state index in [0.717, 1.165) is 27.1 Å². The molecule has 0 saturated carbocycles. The van der Waals surface area contributed by atoms with Crippen LogP contribution in [0.2, 0.25) is 5.04 Å². The van der Waals surface area contributed by atoms with Gasteiger partial charge in [0.2, 0.25) is 0 Å². The Balaban J connectivity index is 1.38. The standard InChI is InChI=1S/C41H46O6Si/c1-40(2,3)48(34-25-15-7-16-26-34,35-27-17-8-18-28-35)47-30-37(43)39(45)38(44)36(42)29-46-41(31-19-9-4-10-20-31,32-21-11-5-12-22-32)33-23-13-6-14-24-33/h4-28,36-39,42-45H,29-30H2,1-3H3. The molecule has 0 aliphatic rings. The Labute approximate surface area is 285 Å². The van der Waals surface area contributed by atoms with Crippen LogP contribution in [0.5, 0.6) is 0 Å². The SMILES string of the molecule is CC(C)(C)[Si](OCC(O)C(O)C(O)C(O)COC(c1ccccc1)(c1ccccc1)c1ccccc1)(c1ccccc1)c1ccccc1. The minimum atomic E-state index is -3.01. The summed E-state index contributed by atoms with van der Waals surface area (Å²) in [6.45, 7) is 5.78. The number of benzene rings is 5. The van der Waals surface area contributed by atoms with Crippen LogP contribution in [0.15, 0.2) is 152 Å². The van der Waals surface area contributed by atoms with E-state index in [1.807, 2.05) is 152 Å². The highest BCUT2D eigenvalue weighted by Crippen LogP contribution is 2.41. The zero-order chi connectivity index (χ0) is 34.2. The number of hydrogen-bond acceptors (Lipinski definition) is 6. The third kappa shape index (κ3) is 7.23. The van der Waals surface area contributed by atoms with Crippen molar-refractivity contribution < 1.29 is 29.6 Å². The lowest BCUT2D eigenvalue weighted by atomic mass is 9.80. The summed E-state index contributed by atoms with van der Waals surface area (Å²) in [5.74, 6) is 0. The molecule has 48 heavy (non-hydrogen) atoms. The predicted octanol–water partition coefficient (Wildman–Crippen LogP) is 5.02. The second-order valence-corrected chi connectivity index (χ2v) is 17.5. The maximum Gasteiger partial charge on any atom is 0.261 e. The van der Waals surface area contributed by atoms with Gasteiger partial charge in [0.15, 0.2) is 0 Å². The highest BCUT2D eigenvalue weighted by Gasteiger charge is 2.51. The van der Waals surface area contributed by atoms with Crippen LogP contribution in [-0.4, -0.2) is 66.4 Å². The van der Waals surface area contributed by atoms with Gasteiger partial charge in [-0.05, 0) is 32.1 Å². The molecular weight excluding hydrogens is 617 g/mol. The Morgan fingerprint density at radius 3 is 1.12 bits per heavy atom. The molecule has 6 nitrogen and oxygen atoms in total. The number of rotatable bonds is 14. The number of aliphatic hydroxyl groups is 4. The lowest BCUT2D eigenvalue weighted by Crippen LogP contribution is -2.67. The van der Waals surface area contributed by atoms with E-state index < -0.39 is 38.3 Å². The Bertz CT molecular complexity index is 1530. The molecule has 0 heterocycles. The van der Waals surface area contributed by atoms with Gasteiger partial charge in [-0.1, -0.05) is 172 Å². The van der Waals surface area contributed by atoms with Crippen LogP contribution in [0.1, 0.15) is 37.5 Å². The first-order chi connectivity index (χ1) is 23.1. The van der Waals surface area contributed by atoms with Gasteiger partial charge in [-0.15, -0.1) is 0 Å². The van der Waals surface area contributed by atoms with Gasteiger partial charge in [-0.2, -0.15) is 0 Å². The van der Waals surface area contributed by atoms with Gasteiger partial charge in [0.05, 0.1) is 13.2 Å². The van der Waals surface area contributed by atoms with E-state index in [2.05, 4.69) is 20.8 Å². The molecule has 5 aromatic rings. The molecule has 0 fully saturated rings. The summed E-state index contributed by atoms with van der Waals surface area (Å²) in [5, 5.41) is 46.6. The molecule has 7 heteroatoms. The predicted molar refractivity (Wildman–Crippen MR) is 193 cm³/mol. The van der Waals surface area contributed by atoms with E-state index in [4.69, 9.17) is 9.16 Å². The fourth-order valence-electron chi connectivity index (χ4n) is 6.60. The van der Waals surface area contributed by atoms with E-state index >= 15 is 0 Å². The summed E-state index contributed by atoms with van der Waals surface area (Å²) in [7, 11) is -3.01. The van der Waals surface area contributed by atoms with Gasteiger partial charge in [0.1, 0.15) is 30.0 Å². The van der Waals surface area contributed by atoms with Crippen LogP contribution >= 0.6 is 0 Å². The van der Waals surface area contributed by atoms with E-state index in [-0.39, 0.29) is 18.3 Å². The molecule has 0 spiro atoms. The average Bonchev–Trinajstić information content (AvgIpc) is 3.13. The molecule has 4 N–H and O–H groups in total. The van der Waals surface area contributed by atoms with Crippen LogP contribution < -0.4 is 10.4 Å². The van der Waals surface area contributed by atoms with E-state index in [1.54, 1.807) is 0 Å². The van der Waals surface area contributed by atoms with Crippen LogP contribution in [0.25, 0.3) is 0 Å². The van der Waals surface area contributed by atoms with Crippen molar-refractivity contribution in [3.8, 4) is 0 Å². The Morgan fingerprint density at radius 1 is 0.479 bits per heavy atom. The highest BCUT2D eigenvalue weighted by atomic mass is 28.4. The Morgan fingerprint density at radius 2 is 0.792 bits per heavy atom. The van der Waals surface area contributed by atoms with Crippen molar-refractivity contribution in [3.05, 3.63) is 168 Å². The summed E-state index contributed by atoms with van der Waals surface area (Å²) in [5.41, 5.74) is 1.38. The first kappa shape index (κ1) is 35.4. The van der Waals surface area contributed by atoms with E-state index in [0.29, 0.717) is 0 Å². The Kier molecular flexibility index (Phi) is 11.4. The smallest absolute Gasteiger partial charge is 0.261 e. The fourth-order valence-corrected chi connectivity index (χ4v) is 11.2. The van der Waals surface area contributed by atoms with Crippen LogP contribution in [0.4, 0.5) is 0 Å². The van der Waals surface area contributed by atoms with Gasteiger partial charge in [-0.3, -0.25) is 0 Å². The number of hydrogen-bond donors (Lipinski definition) is 4. The molecule has 0 aromatic heterocycles. The van der Waals surface area contributed by atoms with Gasteiger partial charge >= 0.3 is 0 Å². The molecule has 0 saturated heterocycles. The van der Waals surface area contributed by atoms with Crippen molar-refractivity contribution in [1.29, 1.82) is 0 Å². The average molecular weight is 663 g/mol. The zero-order valence-electron chi connectivity index (χ0n) is 27.8. The van der Waals surface area contributed by atoms with Crippen LogP contribution in [-0.2, 0) is 14.8 Å². The quantitative estimate of drug-likeness (QED) is 0.0986. The molecule has 250 valence electrons. The molecule has 5 aromatic carbocycles. The van der Waals surface area contributed by atoms with Crippen molar-refractivity contribution in [1.82, 2.24) is 0 Å². The molecule has 0 aliphatic heterocycles. The molecule has 0 aliphatic carbocycles. The first-order valence-corrected chi connectivity index (χ1v) is 18.3. The first-order valence-electron chi connectivity index (χ1n) is 16.4. The second-order valence-electron chi connectivity index (χ2n) is 13.2. The monoisotopic (exact) mass is 662 g/mol. The van der Waals surface area contributed by atoms with Gasteiger partial charge < -0.3 is 29.6 Å². The number of aliphatic hydroxyl groups excluding tert-OH is 4. The van der Waals surface area contributed by atoms with E-state index in [1.165, 1.54) is 0 Å². The second kappa shape index (κ2) is 15.5. The Hall–Kier alpha value is -3.92. The van der Waals surface area contributed by atoms with Gasteiger partial charge in [0.25, 0.3) is 8.32 Å². The normalized spacial score (nSPS) is 15.0. The summed E-state index contributed by atoms with van der Waals surface area (Å²) in [6, 6.07) is 49.1. The van der Waals surface area contributed by atoms with Gasteiger partial charge in [0, 0.05) is 0 Å². The molecule has 0 radical (unpaired) electrons. The largest absolute Gasteiger partial charge is 0.405 e.